The van der Waals surface area contributed by atoms with Crippen molar-refractivity contribution in [3.05, 3.63) is 0 Å². The first kappa shape index (κ1) is 11.5. The molecule has 82 valence electrons. The molecule has 1 aliphatic rings. The van der Waals surface area contributed by atoms with E-state index >= 15 is 0 Å². The lowest BCUT2D eigenvalue weighted by atomic mass is 9.64. The molecule has 0 bridgehead atoms. The van der Waals surface area contributed by atoms with Gasteiger partial charge < -0.3 is 5.11 Å². The molecule has 0 aromatic carbocycles. The average molecular weight is 198 g/mol. The second-order valence-corrected chi connectivity index (χ2v) is 4.97. The Kier molecular flexibility index (Phi) is 3.57. The molecular weight excluding hydrogens is 176 g/mol. The Hall–Kier alpha value is -0.530. The summed E-state index contributed by atoms with van der Waals surface area (Å²) < 4.78 is 0. The highest BCUT2D eigenvalue weighted by atomic mass is 16.4. The summed E-state index contributed by atoms with van der Waals surface area (Å²) in [6.45, 7) is 6.29. The van der Waals surface area contributed by atoms with Crippen LogP contribution in [0.2, 0.25) is 0 Å². The maximum Gasteiger partial charge on any atom is 0.309 e. The summed E-state index contributed by atoms with van der Waals surface area (Å²) in [5, 5.41) is 9.32. The van der Waals surface area contributed by atoms with Crippen molar-refractivity contribution in [3.8, 4) is 0 Å². The molecule has 1 N–H and O–H groups in total. The molecule has 0 amide bonds. The van der Waals surface area contributed by atoms with Gasteiger partial charge in [-0.05, 0) is 37.5 Å². The fraction of sp³-hybridized carbons (Fsp3) is 0.917. The Labute approximate surface area is 86.7 Å². The third kappa shape index (κ3) is 1.94. The average Bonchev–Trinajstić information content (AvgIpc) is 2.17. The predicted molar refractivity (Wildman–Crippen MR) is 57.2 cm³/mol. The van der Waals surface area contributed by atoms with Gasteiger partial charge in [-0.25, -0.2) is 0 Å². The molecule has 0 spiro atoms. The largest absolute Gasteiger partial charge is 0.481 e. The third-order valence-corrected chi connectivity index (χ3v) is 4.11. The maximum absolute atomic E-state index is 11.3. The van der Waals surface area contributed by atoms with Gasteiger partial charge >= 0.3 is 5.97 Å². The van der Waals surface area contributed by atoms with Crippen molar-refractivity contribution in [2.24, 2.45) is 17.3 Å². The van der Waals surface area contributed by atoms with Crippen molar-refractivity contribution >= 4 is 5.97 Å². The highest BCUT2D eigenvalue weighted by molar-refractivity contribution is 5.75. The van der Waals surface area contributed by atoms with E-state index in [9.17, 15) is 9.90 Å². The lowest BCUT2D eigenvalue weighted by molar-refractivity contribution is -0.155. The van der Waals surface area contributed by atoms with Gasteiger partial charge in [-0.3, -0.25) is 4.79 Å². The molecule has 0 aromatic heterocycles. The number of carboxylic acid groups (broad SMARTS) is 1. The molecular formula is C12H22O2. The van der Waals surface area contributed by atoms with E-state index in [-0.39, 0.29) is 5.92 Å². The Morgan fingerprint density at radius 3 is 2.21 bits per heavy atom. The summed E-state index contributed by atoms with van der Waals surface area (Å²) in [6, 6.07) is 0. The van der Waals surface area contributed by atoms with Crippen LogP contribution in [0.1, 0.15) is 52.9 Å². The second-order valence-electron chi connectivity index (χ2n) is 4.97. The van der Waals surface area contributed by atoms with Crippen LogP contribution < -0.4 is 0 Å². The Morgan fingerprint density at radius 2 is 1.93 bits per heavy atom. The van der Waals surface area contributed by atoms with E-state index < -0.39 is 11.4 Å². The van der Waals surface area contributed by atoms with Crippen molar-refractivity contribution in [1.29, 1.82) is 0 Å². The van der Waals surface area contributed by atoms with Crippen LogP contribution in [0.15, 0.2) is 0 Å². The standard InChI is InChI=1S/C12H22O2/c1-4-10-5-7-12(8-6-10,9(2)3)11(13)14/h9-10H,4-8H2,1-3H3,(H,13,14). The van der Waals surface area contributed by atoms with Gasteiger partial charge in [0.1, 0.15) is 0 Å². The van der Waals surface area contributed by atoms with E-state index in [0.717, 1.165) is 31.6 Å². The Morgan fingerprint density at radius 1 is 1.43 bits per heavy atom. The minimum atomic E-state index is -0.581. The zero-order valence-corrected chi connectivity index (χ0v) is 9.55. The fourth-order valence-electron chi connectivity index (χ4n) is 2.64. The summed E-state index contributed by atoms with van der Waals surface area (Å²) in [5.74, 6) is 0.445. The molecule has 1 fully saturated rings. The summed E-state index contributed by atoms with van der Waals surface area (Å²) in [6.07, 6.45) is 5.15. The van der Waals surface area contributed by atoms with Gasteiger partial charge in [-0.2, -0.15) is 0 Å². The quantitative estimate of drug-likeness (QED) is 0.755. The van der Waals surface area contributed by atoms with E-state index in [4.69, 9.17) is 0 Å². The molecule has 0 radical (unpaired) electrons. The highest BCUT2D eigenvalue weighted by Gasteiger charge is 2.43. The van der Waals surface area contributed by atoms with Gasteiger partial charge in [0.2, 0.25) is 0 Å². The number of aliphatic carboxylic acids is 1. The van der Waals surface area contributed by atoms with E-state index in [1.165, 1.54) is 6.42 Å². The Balaban J connectivity index is 2.70. The molecule has 0 saturated heterocycles. The zero-order chi connectivity index (χ0) is 10.8. The SMILES string of the molecule is CCC1CCC(C(=O)O)(C(C)C)CC1. The fourth-order valence-corrected chi connectivity index (χ4v) is 2.64. The molecule has 2 nitrogen and oxygen atoms in total. The summed E-state index contributed by atoms with van der Waals surface area (Å²) in [5.41, 5.74) is -0.425. The van der Waals surface area contributed by atoms with Gasteiger partial charge in [-0.15, -0.1) is 0 Å². The molecule has 0 unspecified atom stereocenters. The van der Waals surface area contributed by atoms with Crippen LogP contribution in [-0.4, -0.2) is 11.1 Å². The van der Waals surface area contributed by atoms with Gasteiger partial charge in [0.05, 0.1) is 5.41 Å². The summed E-state index contributed by atoms with van der Waals surface area (Å²) >= 11 is 0. The first-order valence-corrected chi connectivity index (χ1v) is 5.76. The van der Waals surface area contributed by atoms with E-state index in [1.807, 2.05) is 13.8 Å². The second kappa shape index (κ2) is 4.33. The summed E-state index contributed by atoms with van der Waals surface area (Å²) in [7, 11) is 0. The van der Waals surface area contributed by atoms with Gasteiger partial charge in [0, 0.05) is 0 Å². The van der Waals surface area contributed by atoms with Gasteiger partial charge in [0.25, 0.3) is 0 Å². The molecule has 0 aliphatic heterocycles. The lowest BCUT2D eigenvalue weighted by Crippen LogP contribution is -2.39. The van der Waals surface area contributed by atoms with Crippen LogP contribution in [0.25, 0.3) is 0 Å². The minimum absolute atomic E-state index is 0.262. The van der Waals surface area contributed by atoms with Crippen molar-refractivity contribution in [3.63, 3.8) is 0 Å². The molecule has 0 heterocycles. The maximum atomic E-state index is 11.3. The molecule has 1 saturated carbocycles. The van der Waals surface area contributed by atoms with E-state index in [0.29, 0.717) is 0 Å². The number of carbonyl (C=O) groups is 1. The molecule has 0 atom stereocenters. The normalized spacial score (nSPS) is 33.3. The molecule has 0 aromatic rings. The van der Waals surface area contributed by atoms with Crippen molar-refractivity contribution < 1.29 is 9.90 Å². The van der Waals surface area contributed by atoms with Crippen LogP contribution >= 0.6 is 0 Å². The van der Waals surface area contributed by atoms with Crippen molar-refractivity contribution in [2.45, 2.75) is 52.9 Å². The van der Waals surface area contributed by atoms with Crippen LogP contribution in [-0.2, 0) is 4.79 Å². The van der Waals surface area contributed by atoms with E-state index in [1.54, 1.807) is 0 Å². The van der Waals surface area contributed by atoms with Crippen LogP contribution in [0.5, 0.6) is 0 Å². The zero-order valence-electron chi connectivity index (χ0n) is 9.55. The minimum Gasteiger partial charge on any atom is -0.481 e. The molecule has 1 aliphatic carbocycles. The monoisotopic (exact) mass is 198 g/mol. The van der Waals surface area contributed by atoms with E-state index in [2.05, 4.69) is 6.92 Å². The number of rotatable bonds is 3. The van der Waals surface area contributed by atoms with Crippen molar-refractivity contribution in [1.82, 2.24) is 0 Å². The topological polar surface area (TPSA) is 37.3 Å². The first-order chi connectivity index (χ1) is 6.53. The van der Waals surface area contributed by atoms with Crippen molar-refractivity contribution in [2.75, 3.05) is 0 Å². The predicted octanol–water partition coefficient (Wildman–Crippen LogP) is 3.31. The summed E-state index contributed by atoms with van der Waals surface area (Å²) in [4.78, 5) is 11.3. The first-order valence-electron chi connectivity index (χ1n) is 5.76. The number of hydrogen-bond donors (Lipinski definition) is 1. The highest BCUT2D eigenvalue weighted by Crippen LogP contribution is 2.45. The van der Waals surface area contributed by atoms with Gasteiger partial charge in [-0.1, -0.05) is 27.2 Å². The smallest absolute Gasteiger partial charge is 0.309 e. The Bertz CT molecular complexity index is 200. The number of carboxylic acids is 1. The molecule has 1 rings (SSSR count). The van der Waals surface area contributed by atoms with Gasteiger partial charge in [0.15, 0.2) is 0 Å². The van der Waals surface area contributed by atoms with Crippen LogP contribution in [0.4, 0.5) is 0 Å². The third-order valence-electron chi connectivity index (χ3n) is 4.11. The molecule has 2 heteroatoms. The van der Waals surface area contributed by atoms with Crippen LogP contribution in [0, 0.1) is 17.3 Å². The molecule has 14 heavy (non-hydrogen) atoms. The van der Waals surface area contributed by atoms with Crippen LogP contribution in [0.3, 0.4) is 0 Å². The lowest BCUT2D eigenvalue weighted by Gasteiger charge is -2.39. The number of hydrogen-bond acceptors (Lipinski definition) is 1.